The summed E-state index contributed by atoms with van der Waals surface area (Å²) in [5.41, 5.74) is 1.77. The molecule has 2 aromatic carbocycles. The van der Waals surface area contributed by atoms with Gasteiger partial charge in [0.1, 0.15) is 11.9 Å². The van der Waals surface area contributed by atoms with Gasteiger partial charge >= 0.3 is 0 Å². The van der Waals surface area contributed by atoms with Crippen LogP contribution in [0.5, 0.6) is 0 Å². The Bertz CT molecular complexity index is 746. The summed E-state index contributed by atoms with van der Waals surface area (Å²) in [7, 11) is 0. The molecule has 0 radical (unpaired) electrons. The molecular weight excluding hydrogens is 319 g/mol. The van der Waals surface area contributed by atoms with Crippen LogP contribution in [-0.2, 0) is 16.0 Å². The highest BCUT2D eigenvalue weighted by Gasteiger charge is 2.34. The van der Waals surface area contributed by atoms with Crippen LogP contribution >= 0.6 is 0 Å². The minimum Gasteiger partial charge on any atom is -0.329 e. The molecule has 3 rings (SSSR count). The van der Waals surface area contributed by atoms with Crippen LogP contribution < -0.4 is 4.90 Å². The third-order valence-corrected chi connectivity index (χ3v) is 4.58. The van der Waals surface area contributed by atoms with E-state index in [0.717, 1.165) is 5.56 Å². The number of amides is 2. The van der Waals surface area contributed by atoms with Crippen LogP contribution in [0.2, 0.25) is 0 Å². The molecule has 1 atom stereocenters. The average Bonchev–Trinajstić information content (AvgIpc) is 2.64. The van der Waals surface area contributed by atoms with Gasteiger partial charge in [-0.25, -0.2) is 4.39 Å². The van der Waals surface area contributed by atoms with Crippen molar-refractivity contribution in [2.45, 2.75) is 25.8 Å². The highest BCUT2D eigenvalue weighted by molar-refractivity contribution is 6.00. The quantitative estimate of drug-likeness (QED) is 0.858. The standard InChI is InChI=1S/C20H21FN2O2/c1-15-20(25)23(18-10-8-17(21)9-11-18)14-13-22(15)19(24)12-7-16-5-3-2-4-6-16/h2-6,8-11,15H,7,12-14H2,1H3/t15-/m0/s1. The molecule has 0 saturated carbocycles. The van der Waals surface area contributed by atoms with E-state index in [1.54, 1.807) is 28.9 Å². The zero-order valence-corrected chi connectivity index (χ0v) is 14.2. The van der Waals surface area contributed by atoms with Crippen molar-refractivity contribution >= 4 is 17.5 Å². The van der Waals surface area contributed by atoms with Crippen LogP contribution in [0.15, 0.2) is 54.6 Å². The lowest BCUT2D eigenvalue weighted by Crippen LogP contribution is -2.57. The van der Waals surface area contributed by atoms with Gasteiger partial charge in [0.05, 0.1) is 0 Å². The van der Waals surface area contributed by atoms with E-state index in [-0.39, 0.29) is 17.6 Å². The molecule has 130 valence electrons. The molecule has 2 aromatic rings. The SMILES string of the molecule is C[C@H]1C(=O)N(c2ccc(F)cc2)CCN1C(=O)CCc1ccccc1. The first-order valence-corrected chi connectivity index (χ1v) is 8.46. The molecule has 0 aromatic heterocycles. The van der Waals surface area contributed by atoms with Crippen LogP contribution in [0.1, 0.15) is 18.9 Å². The predicted molar refractivity (Wildman–Crippen MR) is 94.7 cm³/mol. The molecule has 0 aliphatic carbocycles. The maximum absolute atomic E-state index is 13.1. The van der Waals surface area contributed by atoms with E-state index >= 15 is 0 Å². The smallest absolute Gasteiger partial charge is 0.249 e. The Morgan fingerprint density at radius 3 is 2.44 bits per heavy atom. The van der Waals surface area contributed by atoms with Crippen LogP contribution in [0.3, 0.4) is 0 Å². The molecule has 1 aliphatic heterocycles. The lowest BCUT2D eigenvalue weighted by Gasteiger charge is -2.39. The van der Waals surface area contributed by atoms with E-state index in [4.69, 9.17) is 0 Å². The van der Waals surface area contributed by atoms with Gasteiger partial charge in [0.2, 0.25) is 11.8 Å². The van der Waals surface area contributed by atoms with E-state index in [2.05, 4.69) is 0 Å². The van der Waals surface area contributed by atoms with Crippen molar-refractivity contribution < 1.29 is 14.0 Å². The summed E-state index contributed by atoms with van der Waals surface area (Å²) >= 11 is 0. The summed E-state index contributed by atoms with van der Waals surface area (Å²) in [5.74, 6) is -0.478. The van der Waals surface area contributed by atoms with Crippen LogP contribution in [0.4, 0.5) is 10.1 Å². The van der Waals surface area contributed by atoms with Gasteiger partial charge in [-0.2, -0.15) is 0 Å². The lowest BCUT2D eigenvalue weighted by atomic mass is 10.1. The first-order chi connectivity index (χ1) is 12.1. The topological polar surface area (TPSA) is 40.6 Å². The van der Waals surface area contributed by atoms with Gasteiger partial charge in [-0.1, -0.05) is 30.3 Å². The number of anilines is 1. The summed E-state index contributed by atoms with van der Waals surface area (Å²) in [6.07, 6.45) is 1.05. The van der Waals surface area contributed by atoms with Crippen LogP contribution in [0.25, 0.3) is 0 Å². The number of hydrogen-bond acceptors (Lipinski definition) is 2. The van der Waals surface area contributed by atoms with Gasteiger partial charge in [0, 0.05) is 25.2 Å². The van der Waals surface area contributed by atoms with Crippen molar-refractivity contribution in [3.8, 4) is 0 Å². The van der Waals surface area contributed by atoms with Crippen molar-refractivity contribution in [1.29, 1.82) is 0 Å². The molecule has 5 heteroatoms. The molecule has 4 nitrogen and oxygen atoms in total. The summed E-state index contributed by atoms with van der Waals surface area (Å²) < 4.78 is 13.1. The largest absolute Gasteiger partial charge is 0.329 e. The van der Waals surface area contributed by atoms with Crippen LogP contribution in [0, 0.1) is 5.82 Å². The normalized spacial score (nSPS) is 17.7. The molecule has 0 unspecified atom stereocenters. The number of rotatable bonds is 4. The number of hydrogen-bond donors (Lipinski definition) is 0. The summed E-state index contributed by atoms with van der Waals surface area (Å²) in [4.78, 5) is 28.4. The third kappa shape index (κ3) is 3.87. The molecule has 1 saturated heterocycles. The molecule has 1 aliphatic rings. The van der Waals surface area contributed by atoms with Gasteiger partial charge in [0.15, 0.2) is 0 Å². The van der Waals surface area contributed by atoms with Crippen molar-refractivity contribution in [3.63, 3.8) is 0 Å². The Morgan fingerprint density at radius 1 is 1.08 bits per heavy atom. The van der Waals surface area contributed by atoms with E-state index in [1.807, 2.05) is 30.3 Å². The minimum absolute atomic E-state index is 0.0107. The van der Waals surface area contributed by atoms with E-state index in [9.17, 15) is 14.0 Å². The number of carbonyl (C=O) groups excluding carboxylic acids is 2. The second-order valence-electron chi connectivity index (χ2n) is 6.21. The monoisotopic (exact) mass is 340 g/mol. The number of piperazine rings is 1. The lowest BCUT2D eigenvalue weighted by molar-refractivity contribution is -0.140. The predicted octanol–water partition coefficient (Wildman–Crippen LogP) is 3.02. The van der Waals surface area contributed by atoms with E-state index in [1.165, 1.54) is 12.1 Å². The molecule has 1 fully saturated rings. The first kappa shape index (κ1) is 17.1. The van der Waals surface area contributed by atoms with Gasteiger partial charge in [-0.05, 0) is 43.2 Å². The van der Waals surface area contributed by atoms with Crippen LogP contribution in [-0.4, -0.2) is 35.8 Å². The summed E-state index contributed by atoms with van der Waals surface area (Å²) in [5, 5.41) is 0. The fourth-order valence-corrected chi connectivity index (χ4v) is 3.13. The van der Waals surface area contributed by atoms with Gasteiger partial charge in [-0.15, -0.1) is 0 Å². The van der Waals surface area contributed by atoms with Crippen molar-refractivity contribution in [2.75, 3.05) is 18.0 Å². The summed E-state index contributed by atoms with van der Waals surface area (Å²) in [6.45, 7) is 2.65. The average molecular weight is 340 g/mol. The second kappa shape index (κ2) is 7.47. The first-order valence-electron chi connectivity index (χ1n) is 8.46. The molecule has 0 spiro atoms. The summed E-state index contributed by atoms with van der Waals surface area (Å²) in [6, 6.07) is 15.2. The van der Waals surface area contributed by atoms with Gasteiger partial charge < -0.3 is 9.80 Å². The number of nitrogens with zero attached hydrogens (tertiary/aromatic N) is 2. The molecule has 2 amide bonds. The zero-order valence-electron chi connectivity index (χ0n) is 14.2. The second-order valence-corrected chi connectivity index (χ2v) is 6.21. The highest BCUT2D eigenvalue weighted by atomic mass is 19.1. The molecule has 0 N–H and O–H groups in total. The number of aryl methyl sites for hydroxylation is 1. The van der Waals surface area contributed by atoms with Gasteiger partial charge in [0.25, 0.3) is 0 Å². The zero-order chi connectivity index (χ0) is 17.8. The molecular formula is C20H21FN2O2. The third-order valence-electron chi connectivity index (χ3n) is 4.58. The maximum atomic E-state index is 13.1. The van der Waals surface area contributed by atoms with Crippen molar-refractivity contribution in [2.24, 2.45) is 0 Å². The van der Waals surface area contributed by atoms with E-state index < -0.39 is 6.04 Å². The van der Waals surface area contributed by atoms with Crippen molar-refractivity contribution in [1.82, 2.24) is 4.90 Å². The maximum Gasteiger partial charge on any atom is 0.249 e. The Morgan fingerprint density at radius 2 is 1.76 bits per heavy atom. The minimum atomic E-state index is -0.512. The van der Waals surface area contributed by atoms with Crippen molar-refractivity contribution in [3.05, 3.63) is 66.0 Å². The Kier molecular flexibility index (Phi) is 5.12. The van der Waals surface area contributed by atoms with Gasteiger partial charge in [-0.3, -0.25) is 9.59 Å². The Hall–Kier alpha value is -2.69. The molecule has 25 heavy (non-hydrogen) atoms. The number of halogens is 1. The molecule has 0 bridgehead atoms. The Balaban J connectivity index is 1.62. The number of carbonyl (C=O) groups is 2. The highest BCUT2D eigenvalue weighted by Crippen LogP contribution is 2.21. The fraction of sp³-hybridized carbons (Fsp3) is 0.300. The molecule has 1 heterocycles. The fourth-order valence-electron chi connectivity index (χ4n) is 3.13. The number of benzene rings is 2. The van der Waals surface area contributed by atoms with E-state index in [0.29, 0.717) is 31.6 Å². The Labute approximate surface area is 146 Å².